The summed E-state index contributed by atoms with van der Waals surface area (Å²) >= 11 is 0. The summed E-state index contributed by atoms with van der Waals surface area (Å²) in [5.74, 6) is 0.851. The van der Waals surface area contributed by atoms with Crippen LogP contribution in [0.15, 0.2) is 24.4 Å². The number of fused-ring (bicyclic) bond motifs is 1. The molecule has 0 radical (unpaired) electrons. The van der Waals surface area contributed by atoms with Gasteiger partial charge in [0, 0.05) is 23.7 Å². The van der Waals surface area contributed by atoms with Crippen LogP contribution in [0.2, 0.25) is 0 Å². The van der Waals surface area contributed by atoms with Crippen LogP contribution >= 0.6 is 0 Å². The van der Waals surface area contributed by atoms with Crippen LogP contribution in [0.5, 0.6) is 0 Å². The van der Waals surface area contributed by atoms with Gasteiger partial charge in [0.2, 0.25) is 11.8 Å². The van der Waals surface area contributed by atoms with Gasteiger partial charge in [0.25, 0.3) is 5.91 Å². The molecule has 1 amide bonds. The highest BCUT2D eigenvalue weighted by atomic mass is 19.1. The summed E-state index contributed by atoms with van der Waals surface area (Å²) in [4.78, 5) is 23.1. The number of aromatic nitrogens is 5. The molecule has 0 saturated carbocycles. The number of hydrogen-bond acceptors (Lipinski definition) is 7. The number of nitrogens with one attached hydrogen (secondary N) is 3. The fourth-order valence-electron chi connectivity index (χ4n) is 4.60. The first-order valence-corrected chi connectivity index (χ1v) is 11.6. The average molecular weight is 467 g/mol. The Morgan fingerprint density at radius 3 is 2.91 bits per heavy atom. The Labute approximate surface area is 196 Å². The summed E-state index contributed by atoms with van der Waals surface area (Å²) < 4.78 is 14.0. The summed E-state index contributed by atoms with van der Waals surface area (Å²) in [6.45, 7) is 4.69. The number of rotatable bonds is 6. The standard InChI is InChI=1S/C23H27FN8O2/c1-13(2)16-11-20(30-29-16)27-21-15-5-3-6-17(15)32(34)23(28-21)31-10-4-7-18(31)22(33)26-14-8-9-19(24)25-12-14/h8-9,11-13,18H,3-7,10H2,1-2H3,(H,26,33)(H2,27,28,29,30)/t18-/m0/s1. The van der Waals surface area contributed by atoms with Gasteiger partial charge in [-0.25, -0.2) is 14.6 Å². The molecule has 3 N–H and O–H groups in total. The van der Waals surface area contributed by atoms with E-state index in [0.717, 1.165) is 35.3 Å². The van der Waals surface area contributed by atoms with Crippen molar-refractivity contribution in [2.45, 2.75) is 57.9 Å². The van der Waals surface area contributed by atoms with Gasteiger partial charge in [0.15, 0.2) is 11.9 Å². The van der Waals surface area contributed by atoms with Gasteiger partial charge in [0.05, 0.1) is 24.1 Å². The fourth-order valence-corrected chi connectivity index (χ4v) is 4.60. The lowest BCUT2D eigenvalue weighted by Gasteiger charge is -2.24. The Bertz CT molecular complexity index is 1210. The Morgan fingerprint density at radius 1 is 1.32 bits per heavy atom. The minimum atomic E-state index is -0.618. The van der Waals surface area contributed by atoms with Crippen molar-refractivity contribution in [3.05, 3.63) is 52.5 Å². The molecular formula is C23H27FN8O2. The Morgan fingerprint density at radius 2 is 2.18 bits per heavy atom. The molecule has 34 heavy (non-hydrogen) atoms. The van der Waals surface area contributed by atoms with E-state index < -0.39 is 12.0 Å². The van der Waals surface area contributed by atoms with Gasteiger partial charge >= 0.3 is 5.95 Å². The molecule has 5 rings (SSSR count). The largest absolute Gasteiger partial charge is 0.740 e. The molecule has 0 spiro atoms. The maximum Gasteiger partial charge on any atom is 0.397 e. The van der Waals surface area contributed by atoms with E-state index in [1.165, 1.54) is 18.3 Å². The van der Waals surface area contributed by atoms with Crippen LogP contribution in [0.1, 0.15) is 56.0 Å². The van der Waals surface area contributed by atoms with Gasteiger partial charge in [-0.3, -0.25) is 9.89 Å². The van der Waals surface area contributed by atoms with E-state index in [1.807, 2.05) is 6.07 Å². The van der Waals surface area contributed by atoms with Crippen LogP contribution in [0.3, 0.4) is 0 Å². The molecule has 0 aromatic carbocycles. The number of nitrogens with zero attached hydrogens (tertiary/aromatic N) is 5. The molecule has 3 aromatic rings. The van der Waals surface area contributed by atoms with Crippen molar-refractivity contribution in [3.8, 4) is 0 Å². The second kappa shape index (κ2) is 8.88. The van der Waals surface area contributed by atoms with Gasteiger partial charge in [-0.1, -0.05) is 18.8 Å². The van der Waals surface area contributed by atoms with Gasteiger partial charge in [-0.2, -0.15) is 9.49 Å². The minimum Gasteiger partial charge on any atom is -0.740 e. The van der Waals surface area contributed by atoms with Crippen LogP contribution in [0, 0.1) is 11.2 Å². The minimum absolute atomic E-state index is 0.206. The maximum atomic E-state index is 13.3. The number of halogens is 1. The number of H-pyrrole nitrogens is 1. The summed E-state index contributed by atoms with van der Waals surface area (Å²) in [6, 6.07) is 4.02. The predicted octanol–water partition coefficient (Wildman–Crippen LogP) is 2.94. The van der Waals surface area contributed by atoms with Crippen LogP contribution in [-0.4, -0.2) is 38.7 Å². The molecular weight excluding hydrogens is 439 g/mol. The van der Waals surface area contributed by atoms with E-state index in [4.69, 9.17) is 4.98 Å². The first-order chi connectivity index (χ1) is 16.4. The Hall–Kier alpha value is -3.76. The lowest BCUT2D eigenvalue weighted by molar-refractivity contribution is -0.603. The normalized spacial score (nSPS) is 17.3. The van der Waals surface area contributed by atoms with E-state index in [-0.39, 0.29) is 11.9 Å². The molecule has 1 saturated heterocycles. The molecule has 4 heterocycles. The molecule has 3 aromatic heterocycles. The van der Waals surface area contributed by atoms with Crippen molar-refractivity contribution in [1.82, 2.24) is 20.2 Å². The van der Waals surface area contributed by atoms with Crippen molar-refractivity contribution < 1.29 is 13.9 Å². The Balaban J connectivity index is 1.44. The molecule has 0 bridgehead atoms. The van der Waals surface area contributed by atoms with E-state index in [2.05, 4.69) is 39.7 Å². The average Bonchev–Trinajstić information content (AvgIpc) is 3.57. The van der Waals surface area contributed by atoms with Crippen LogP contribution in [0.4, 0.5) is 27.7 Å². The zero-order chi connectivity index (χ0) is 23.8. The summed E-state index contributed by atoms with van der Waals surface area (Å²) in [6.07, 6.45) is 4.89. The monoisotopic (exact) mass is 466 g/mol. The first-order valence-electron chi connectivity index (χ1n) is 11.6. The molecule has 10 nitrogen and oxygen atoms in total. The zero-order valence-electron chi connectivity index (χ0n) is 19.1. The highest BCUT2D eigenvalue weighted by Crippen LogP contribution is 2.32. The van der Waals surface area contributed by atoms with Crippen LogP contribution in [0.25, 0.3) is 0 Å². The highest BCUT2D eigenvalue weighted by molar-refractivity contribution is 5.96. The second-order valence-corrected chi connectivity index (χ2v) is 9.03. The first kappa shape index (κ1) is 22.1. The summed E-state index contributed by atoms with van der Waals surface area (Å²) in [5.41, 5.74) is 2.98. The molecule has 1 fully saturated rings. The van der Waals surface area contributed by atoms with Gasteiger partial charge in [-0.15, -0.1) is 0 Å². The molecule has 178 valence electrons. The molecule has 2 aliphatic rings. The SMILES string of the molecule is CC(C)c1cc(Nc2nc(N3CCC[C@H]3C(=O)Nc3ccc(F)nc3)[n+]([O-])c3c2CCC3)n[nH]1. The number of aromatic amines is 1. The molecule has 1 aliphatic carbocycles. The number of pyridine rings is 1. The lowest BCUT2D eigenvalue weighted by Crippen LogP contribution is -2.48. The summed E-state index contributed by atoms with van der Waals surface area (Å²) in [7, 11) is 0. The quantitative estimate of drug-likeness (QED) is 0.290. The molecule has 0 unspecified atom stereocenters. The third-order valence-electron chi connectivity index (χ3n) is 6.39. The van der Waals surface area contributed by atoms with Crippen LogP contribution < -0.4 is 20.3 Å². The van der Waals surface area contributed by atoms with Gasteiger partial charge < -0.3 is 15.8 Å². The predicted molar refractivity (Wildman–Crippen MR) is 124 cm³/mol. The van der Waals surface area contributed by atoms with Crippen molar-refractivity contribution >= 4 is 29.2 Å². The Kier molecular flexibility index (Phi) is 5.76. The molecule has 1 aliphatic heterocycles. The van der Waals surface area contributed by atoms with Crippen LogP contribution in [-0.2, 0) is 17.6 Å². The highest BCUT2D eigenvalue weighted by Gasteiger charge is 2.40. The smallest absolute Gasteiger partial charge is 0.397 e. The third-order valence-corrected chi connectivity index (χ3v) is 6.39. The fraction of sp³-hybridized carbons (Fsp3) is 0.435. The number of amides is 1. The van der Waals surface area contributed by atoms with Crippen molar-refractivity contribution in [2.75, 3.05) is 22.1 Å². The van der Waals surface area contributed by atoms with Gasteiger partial charge in [0.1, 0.15) is 0 Å². The molecule has 11 heteroatoms. The number of hydrogen-bond donors (Lipinski definition) is 3. The van der Waals surface area contributed by atoms with E-state index >= 15 is 0 Å². The number of carbonyl (C=O) groups excluding carboxylic acids is 1. The second-order valence-electron chi connectivity index (χ2n) is 9.03. The lowest BCUT2D eigenvalue weighted by atomic mass is 10.1. The third kappa shape index (κ3) is 4.13. The zero-order valence-corrected chi connectivity index (χ0v) is 19.1. The molecule has 1 atom stereocenters. The maximum absolute atomic E-state index is 13.3. The number of carbonyl (C=O) groups is 1. The number of anilines is 4. The van der Waals surface area contributed by atoms with Crippen molar-refractivity contribution in [1.29, 1.82) is 0 Å². The van der Waals surface area contributed by atoms with Gasteiger partial charge in [-0.05, 0) is 43.7 Å². The topological polar surface area (TPSA) is 126 Å². The van der Waals surface area contributed by atoms with E-state index in [9.17, 15) is 14.4 Å². The summed E-state index contributed by atoms with van der Waals surface area (Å²) in [5, 5.41) is 26.7. The van der Waals surface area contributed by atoms with E-state index in [0.29, 0.717) is 48.3 Å². The van der Waals surface area contributed by atoms with E-state index in [1.54, 1.807) is 4.90 Å². The van der Waals surface area contributed by atoms with Crippen molar-refractivity contribution in [2.24, 2.45) is 0 Å². The van der Waals surface area contributed by atoms with Crippen molar-refractivity contribution in [3.63, 3.8) is 0 Å².